The predicted molar refractivity (Wildman–Crippen MR) is 77.5 cm³/mol. The van der Waals surface area contributed by atoms with Gasteiger partial charge in [-0.2, -0.15) is 5.26 Å². The first-order chi connectivity index (χ1) is 8.47. The van der Waals surface area contributed by atoms with Crippen molar-refractivity contribution in [2.24, 2.45) is 0 Å². The van der Waals surface area contributed by atoms with Crippen LogP contribution in [0.2, 0.25) is 0 Å². The molecule has 0 saturated heterocycles. The minimum Gasteiger partial charge on any atom is -0.389 e. The Bertz CT molecular complexity index is 438. The number of hydrogen-bond acceptors (Lipinski definition) is 3. The van der Waals surface area contributed by atoms with Crippen LogP contribution in [0.3, 0.4) is 0 Å². The highest BCUT2D eigenvalue weighted by molar-refractivity contribution is 9.10. The van der Waals surface area contributed by atoms with Gasteiger partial charge in [0.1, 0.15) is 0 Å². The van der Waals surface area contributed by atoms with Gasteiger partial charge >= 0.3 is 0 Å². The molecule has 0 saturated carbocycles. The van der Waals surface area contributed by atoms with E-state index in [-0.39, 0.29) is 0 Å². The van der Waals surface area contributed by atoms with Crippen LogP contribution in [0.5, 0.6) is 0 Å². The van der Waals surface area contributed by atoms with Crippen molar-refractivity contribution in [3.05, 3.63) is 28.2 Å². The van der Waals surface area contributed by atoms with Crippen LogP contribution < -0.4 is 4.90 Å². The Morgan fingerprint density at radius 3 is 2.50 bits per heavy atom. The first-order valence-electron chi connectivity index (χ1n) is 6.08. The Hall–Kier alpha value is -1.05. The summed E-state index contributed by atoms with van der Waals surface area (Å²) in [4.78, 5) is 2.18. The highest BCUT2D eigenvalue weighted by Gasteiger charge is 2.14. The molecule has 3 nitrogen and oxygen atoms in total. The topological polar surface area (TPSA) is 47.3 Å². The van der Waals surface area contributed by atoms with Gasteiger partial charge in [0.25, 0.3) is 0 Å². The van der Waals surface area contributed by atoms with Crippen molar-refractivity contribution >= 4 is 21.6 Å². The lowest BCUT2D eigenvalue weighted by molar-refractivity contribution is 0.199. The van der Waals surface area contributed by atoms with Crippen LogP contribution >= 0.6 is 15.9 Å². The van der Waals surface area contributed by atoms with Crippen molar-refractivity contribution in [2.45, 2.75) is 39.3 Å². The Kier molecular flexibility index (Phi) is 5.64. The zero-order valence-electron chi connectivity index (χ0n) is 11.0. The Morgan fingerprint density at radius 2 is 2.06 bits per heavy atom. The molecule has 1 aromatic rings. The number of aliphatic hydroxyl groups excluding tert-OH is 1. The number of nitrogens with zero attached hydrogens (tertiary/aromatic N) is 2. The summed E-state index contributed by atoms with van der Waals surface area (Å²) < 4.78 is 0.951. The van der Waals surface area contributed by atoms with Crippen molar-refractivity contribution in [1.82, 2.24) is 0 Å². The minimum atomic E-state index is -0.470. The second-order valence-corrected chi connectivity index (χ2v) is 5.44. The lowest BCUT2D eigenvalue weighted by Crippen LogP contribution is -2.31. The van der Waals surface area contributed by atoms with Gasteiger partial charge in [-0.05, 0) is 54.4 Å². The molecule has 0 aliphatic heterocycles. The fourth-order valence-electron chi connectivity index (χ4n) is 1.84. The molecule has 0 amide bonds. The molecule has 1 rings (SSSR count). The first-order valence-corrected chi connectivity index (χ1v) is 6.87. The molecule has 0 unspecified atom stereocenters. The van der Waals surface area contributed by atoms with Gasteiger partial charge in [0.2, 0.25) is 0 Å². The second kappa shape index (κ2) is 6.77. The maximum Gasteiger partial charge on any atom is 0.0762 e. The average molecular weight is 311 g/mol. The molecule has 98 valence electrons. The van der Waals surface area contributed by atoms with Crippen LogP contribution in [-0.4, -0.2) is 17.7 Å². The van der Waals surface area contributed by atoms with Crippen LogP contribution in [-0.2, 0) is 0 Å². The van der Waals surface area contributed by atoms with Crippen molar-refractivity contribution in [1.29, 1.82) is 5.26 Å². The smallest absolute Gasteiger partial charge is 0.0762 e. The molecule has 1 atom stereocenters. The van der Waals surface area contributed by atoms with E-state index in [4.69, 9.17) is 5.26 Å². The number of rotatable bonds is 5. The van der Waals surface area contributed by atoms with Crippen LogP contribution in [0.15, 0.2) is 22.7 Å². The predicted octanol–water partition coefficient (Wildman–Crippen LogP) is 3.63. The summed E-state index contributed by atoms with van der Waals surface area (Å²) in [5, 5.41) is 18.3. The summed E-state index contributed by atoms with van der Waals surface area (Å²) >= 11 is 3.54. The van der Waals surface area contributed by atoms with Crippen LogP contribution in [0.25, 0.3) is 0 Å². The van der Waals surface area contributed by atoms with Crippen LogP contribution in [0.1, 0.15) is 38.9 Å². The summed E-state index contributed by atoms with van der Waals surface area (Å²) in [6, 6.07) is 8.35. The van der Waals surface area contributed by atoms with Crippen molar-refractivity contribution in [3.63, 3.8) is 0 Å². The number of hydrogen-bond donors (Lipinski definition) is 1. The van der Waals surface area contributed by atoms with Gasteiger partial charge in [0, 0.05) is 17.1 Å². The molecule has 0 spiro atoms. The standard InChI is InChI=1S/C14H19BrN2O/c1-10(2)17(8-4-7-16)14-6-5-12(11(3)18)9-13(14)15/h5-6,9-11,18H,4,8H2,1-3H3/t11-/m1/s1. The second-order valence-electron chi connectivity index (χ2n) is 4.58. The molecule has 0 radical (unpaired) electrons. The van der Waals surface area contributed by atoms with Gasteiger partial charge in [-0.3, -0.25) is 0 Å². The van der Waals surface area contributed by atoms with Gasteiger partial charge in [0.15, 0.2) is 0 Å². The summed E-state index contributed by atoms with van der Waals surface area (Å²) in [7, 11) is 0. The van der Waals surface area contributed by atoms with Crippen LogP contribution in [0.4, 0.5) is 5.69 Å². The first kappa shape index (κ1) is 15.0. The van der Waals surface area contributed by atoms with E-state index in [1.807, 2.05) is 18.2 Å². The van der Waals surface area contributed by atoms with E-state index >= 15 is 0 Å². The number of anilines is 1. The highest BCUT2D eigenvalue weighted by Crippen LogP contribution is 2.30. The normalized spacial score (nSPS) is 12.3. The van der Waals surface area contributed by atoms with E-state index in [2.05, 4.69) is 40.7 Å². The largest absolute Gasteiger partial charge is 0.389 e. The van der Waals surface area contributed by atoms with E-state index < -0.39 is 6.10 Å². The molecule has 1 N–H and O–H groups in total. The molecular weight excluding hydrogens is 292 g/mol. The molecule has 4 heteroatoms. The fourth-order valence-corrected chi connectivity index (χ4v) is 2.47. The van der Waals surface area contributed by atoms with Gasteiger partial charge < -0.3 is 10.0 Å². The van der Waals surface area contributed by atoms with Gasteiger partial charge in [-0.1, -0.05) is 6.07 Å². The van der Waals surface area contributed by atoms with E-state index in [0.717, 1.165) is 15.7 Å². The summed E-state index contributed by atoms with van der Waals surface area (Å²) in [6.07, 6.45) is 0.0323. The molecule has 0 aliphatic carbocycles. The lowest BCUT2D eigenvalue weighted by atomic mass is 10.1. The average Bonchev–Trinajstić information content (AvgIpc) is 2.30. The Balaban J connectivity index is 3.02. The Labute approximate surface area is 117 Å². The Morgan fingerprint density at radius 1 is 1.39 bits per heavy atom. The van der Waals surface area contributed by atoms with E-state index in [9.17, 15) is 5.11 Å². The molecule has 1 aromatic carbocycles. The number of nitriles is 1. The quantitative estimate of drug-likeness (QED) is 0.903. The summed E-state index contributed by atoms with van der Waals surface area (Å²) in [5.74, 6) is 0. The molecule has 0 aliphatic rings. The van der Waals surface area contributed by atoms with Gasteiger partial charge in [-0.25, -0.2) is 0 Å². The van der Waals surface area contributed by atoms with E-state index in [1.54, 1.807) is 6.92 Å². The van der Waals surface area contributed by atoms with Crippen molar-refractivity contribution in [3.8, 4) is 6.07 Å². The van der Waals surface area contributed by atoms with Crippen molar-refractivity contribution < 1.29 is 5.11 Å². The fraction of sp³-hybridized carbons (Fsp3) is 0.500. The number of halogens is 1. The molecule has 0 heterocycles. The molecule has 0 bridgehead atoms. The third-order valence-electron chi connectivity index (χ3n) is 2.85. The molecule has 0 fully saturated rings. The third kappa shape index (κ3) is 3.72. The van der Waals surface area contributed by atoms with Crippen molar-refractivity contribution in [2.75, 3.05) is 11.4 Å². The van der Waals surface area contributed by atoms with E-state index in [1.165, 1.54) is 0 Å². The highest BCUT2D eigenvalue weighted by atomic mass is 79.9. The molecular formula is C14H19BrN2O. The maximum absolute atomic E-state index is 9.55. The number of benzene rings is 1. The molecule has 18 heavy (non-hydrogen) atoms. The minimum absolute atomic E-state index is 0.326. The van der Waals surface area contributed by atoms with Gasteiger partial charge in [-0.15, -0.1) is 0 Å². The zero-order chi connectivity index (χ0) is 13.7. The third-order valence-corrected chi connectivity index (χ3v) is 3.49. The maximum atomic E-state index is 9.55. The lowest BCUT2D eigenvalue weighted by Gasteiger charge is -2.29. The van der Waals surface area contributed by atoms with Gasteiger partial charge in [0.05, 0.1) is 24.3 Å². The summed E-state index contributed by atoms with van der Waals surface area (Å²) in [5.41, 5.74) is 1.94. The summed E-state index contributed by atoms with van der Waals surface area (Å²) in [6.45, 7) is 6.66. The zero-order valence-corrected chi connectivity index (χ0v) is 12.6. The molecule has 0 aromatic heterocycles. The number of aliphatic hydroxyl groups is 1. The van der Waals surface area contributed by atoms with Crippen LogP contribution in [0, 0.1) is 11.3 Å². The SMILES string of the molecule is CC(C)N(CCC#N)c1ccc([C@@H](C)O)cc1Br. The van der Waals surface area contributed by atoms with E-state index in [0.29, 0.717) is 19.0 Å². The monoisotopic (exact) mass is 310 g/mol.